The van der Waals surface area contributed by atoms with E-state index in [1.54, 1.807) is 0 Å². The Bertz CT molecular complexity index is 468. The Morgan fingerprint density at radius 3 is 2.61 bits per heavy atom. The number of hydrogen-bond donors (Lipinski definition) is 1. The van der Waals surface area contributed by atoms with Crippen molar-refractivity contribution in [1.82, 2.24) is 5.32 Å². The van der Waals surface area contributed by atoms with Gasteiger partial charge in [0.15, 0.2) is 0 Å². The number of carbonyl (C=O) groups excluding carboxylic acids is 1. The van der Waals surface area contributed by atoms with Crippen molar-refractivity contribution in [2.24, 2.45) is 0 Å². The highest BCUT2D eigenvalue weighted by Crippen LogP contribution is 2.39. The minimum Gasteiger partial charge on any atom is -0.310 e. The third kappa shape index (κ3) is 1.93. The second kappa shape index (κ2) is 5.11. The van der Waals surface area contributed by atoms with Crippen molar-refractivity contribution in [2.45, 2.75) is 40.2 Å². The third-order valence-electron chi connectivity index (χ3n) is 3.74. The van der Waals surface area contributed by atoms with Crippen molar-refractivity contribution in [2.75, 3.05) is 18.0 Å². The SMILES string of the molecule is CCCNC1C(=O)N(CC)c2c1ccc(C)c2C. The van der Waals surface area contributed by atoms with E-state index in [4.69, 9.17) is 0 Å². The first kappa shape index (κ1) is 13.1. The van der Waals surface area contributed by atoms with Gasteiger partial charge in [-0.05, 0) is 44.9 Å². The smallest absolute Gasteiger partial charge is 0.248 e. The van der Waals surface area contributed by atoms with Crippen molar-refractivity contribution >= 4 is 11.6 Å². The number of likely N-dealkylation sites (N-methyl/N-ethyl adjacent to an activating group) is 1. The molecule has 0 fully saturated rings. The van der Waals surface area contributed by atoms with E-state index >= 15 is 0 Å². The van der Waals surface area contributed by atoms with Gasteiger partial charge in [-0.15, -0.1) is 0 Å². The summed E-state index contributed by atoms with van der Waals surface area (Å²) in [5, 5.41) is 3.36. The number of hydrogen-bond acceptors (Lipinski definition) is 2. The van der Waals surface area contributed by atoms with Crippen LogP contribution < -0.4 is 10.2 Å². The van der Waals surface area contributed by atoms with Crippen LogP contribution in [0, 0.1) is 13.8 Å². The Kier molecular flexibility index (Phi) is 3.71. The molecule has 98 valence electrons. The first-order valence-electron chi connectivity index (χ1n) is 6.76. The summed E-state index contributed by atoms with van der Waals surface area (Å²) in [6.45, 7) is 9.96. The van der Waals surface area contributed by atoms with E-state index in [2.05, 4.69) is 38.2 Å². The highest BCUT2D eigenvalue weighted by molar-refractivity contribution is 6.05. The molecule has 2 rings (SSSR count). The van der Waals surface area contributed by atoms with E-state index in [1.165, 1.54) is 11.1 Å². The average Bonchev–Trinajstić information content (AvgIpc) is 2.64. The molecular formula is C15H22N2O. The maximum absolute atomic E-state index is 12.4. The lowest BCUT2D eigenvalue weighted by molar-refractivity contribution is -0.119. The lowest BCUT2D eigenvalue weighted by atomic mass is 10.0. The minimum atomic E-state index is -0.154. The van der Waals surface area contributed by atoms with Crippen LogP contribution in [-0.4, -0.2) is 19.0 Å². The van der Waals surface area contributed by atoms with E-state index in [0.717, 1.165) is 30.8 Å². The molecule has 3 heteroatoms. The molecule has 1 heterocycles. The van der Waals surface area contributed by atoms with Gasteiger partial charge in [0, 0.05) is 12.1 Å². The van der Waals surface area contributed by atoms with Crippen molar-refractivity contribution in [3.63, 3.8) is 0 Å². The Balaban J connectivity index is 2.46. The van der Waals surface area contributed by atoms with Crippen LogP contribution in [0.5, 0.6) is 0 Å². The zero-order valence-electron chi connectivity index (χ0n) is 11.7. The quantitative estimate of drug-likeness (QED) is 0.886. The van der Waals surface area contributed by atoms with E-state index < -0.39 is 0 Å². The van der Waals surface area contributed by atoms with E-state index in [0.29, 0.717) is 0 Å². The van der Waals surface area contributed by atoms with Gasteiger partial charge in [0.2, 0.25) is 5.91 Å². The van der Waals surface area contributed by atoms with Crippen LogP contribution in [0.25, 0.3) is 0 Å². The van der Waals surface area contributed by atoms with Crippen LogP contribution in [0.4, 0.5) is 5.69 Å². The molecule has 18 heavy (non-hydrogen) atoms. The normalized spacial score (nSPS) is 18.3. The monoisotopic (exact) mass is 246 g/mol. The molecular weight excluding hydrogens is 224 g/mol. The molecule has 1 amide bonds. The van der Waals surface area contributed by atoms with Gasteiger partial charge in [0.1, 0.15) is 6.04 Å². The highest BCUT2D eigenvalue weighted by Gasteiger charge is 2.37. The van der Waals surface area contributed by atoms with Gasteiger partial charge in [0.05, 0.1) is 5.69 Å². The summed E-state index contributed by atoms with van der Waals surface area (Å²) in [5.41, 5.74) is 4.73. The maximum Gasteiger partial charge on any atom is 0.248 e. The fraction of sp³-hybridized carbons (Fsp3) is 0.533. The number of nitrogens with one attached hydrogen (secondary N) is 1. The molecule has 0 saturated heterocycles. The first-order valence-corrected chi connectivity index (χ1v) is 6.76. The molecule has 1 atom stereocenters. The molecule has 1 aromatic rings. The zero-order chi connectivity index (χ0) is 13.3. The predicted molar refractivity (Wildman–Crippen MR) is 75.0 cm³/mol. The van der Waals surface area contributed by atoms with Crippen LogP contribution in [0.1, 0.15) is 43.0 Å². The molecule has 0 saturated carbocycles. The third-order valence-corrected chi connectivity index (χ3v) is 3.74. The molecule has 3 nitrogen and oxygen atoms in total. The van der Waals surface area contributed by atoms with Gasteiger partial charge < -0.3 is 10.2 Å². The molecule has 1 N–H and O–H groups in total. The number of fused-ring (bicyclic) bond motifs is 1. The number of benzene rings is 1. The molecule has 1 unspecified atom stereocenters. The lowest BCUT2D eigenvalue weighted by Gasteiger charge is -2.18. The summed E-state index contributed by atoms with van der Waals surface area (Å²) in [7, 11) is 0. The largest absolute Gasteiger partial charge is 0.310 e. The highest BCUT2D eigenvalue weighted by atomic mass is 16.2. The molecule has 1 aliphatic rings. The Labute approximate surface area is 109 Å². The Hall–Kier alpha value is -1.35. The summed E-state index contributed by atoms with van der Waals surface area (Å²) in [6, 6.07) is 4.05. The Morgan fingerprint density at radius 2 is 2.00 bits per heavy atom. The van der Waals surface area contributed by atoms with Crippen LogP contribution in [-0.2, 0) is 4.79 Å². The van der Waals surface area contributed by atoms with Crippen molar-refractivity contribution < 1.29 is 4.79 Å². The second-order valence-electron chi connectivity index (χ2n) is 4.91. The number of aryl methyl sites for hydroxylation is 1. The number of carbonyl (C=O) groups is 1. The van der Waals surface area contributed by atoms with Gasteiger partial charge in [0.25, 0.3) is 0 Å². The molecule has 0 bridgehead atoms. The van der Waals surface area contributed by atoms with Crippen LogP contribution in [0.15, 0.2) is 12.1 Å². The molecule has 0 aromatic heterocycles. The fourth-order valence-corrected chi connectivity index (χ4v) is 2.61. The number of amides is 1. The van der Waals surface area contributed by atoms with Crippen LogP contribution >= 0.6 is 0 Å². The molecule has 0 radical (unpaired) electrons. The van der Waals surface area contributed by atoms with Crippen molar-refractivity contribution in [3.8, 4) is 0 Å². The van der Waals surface area contributed by atoms with Gasteiger partial charge in [-0.3, -0.25) is 4.79 Å². The summed E-state index contributed by atoms with van der Waals surface area (Å²) in [4.78, 5) is 14.3. The van der Waals surface area contributed by atoms with E-state index in [-0.39, 0.29) is 11.9 Å². The Morgan fingerprint density at radius 1 is 1.28 bits per heavy atom. The fourth-order valence-electron chi connectivity index (χ4n) is 2.61. The minimum absolute atomic E-state index is 0.154. The van der Waals surface area contributed by atoms with Crippen molar-refractivity contribution in [1.29, 1.82) is 0 Å². The zero-order valence-corrected chi connectivity index (χ0v) is 11.7. The maximum atomic E-state index is 12.4. The lowest BCUT2D eigenvalue weighted by Crippen LogP contribution is -2.34. The van der Waals surface area contributed by atoms with Crippen molar-refractivity contribution in [3.05, 3.63) is 28.8 Å². The van der Waals surface area contributed by atoms with Gasteiger partial charge in [-0.2, -0.15) is 0 Å². The molecule has 0 spiro atoms. The second-order valence-corrected chi connectivity index (χ2v) is 4.91. The molecule has 1 aromatic carbocycles. The molecule has 1 aliphatic heterocycles. The number of anilines is 1. The first-order chi connectivity index (χ1) is 8.61. The van der Waals surface area contributed by atoms with E-state index in [9.17, 15) is 4.79 Å². The standard InChI is InChI=1S/C15H22N2O/c1-5-9-16-13-12-8-7-10(3)11(4)14(12)17(6-2)15(13)18/h7-8,13,16H,5-6,9H2,1-4H3. The number of rotatable bonds is 4. The molecule has 0 aliphatic carbocycles. The summed E-state index contributed by atoms with van der Waals surface area (Å²) >= 11 is 0. The summed E-state index contributed by atoms with van der Waals surface area (Å²) in [5.74, 6) is 0.189. The summed E-state index contributed by atoms with van der Waals surface area (Å²) in [6.07, 6.45) is 1.04. The van der Waals surface area contributed by atoms with Gasteiger partial charge in [-0.25, -0.2) is 0 Å². The van der Waals surface area contributed by atoms with Crippen LogP contribution in [0.3, 0.4) is 0 Å². The van der Waals surface area contributed by atoms with E-state index in [1.807, 2.05) is 11.8 Å². The van der Waals surface area contributed by atoms with Gasteiger partial charge >= 0.3 is 0 Å². The average molecular weight is 246 g/mol. The number of nitrogens with zero attached hydrogens (tertiary/aromatic N) is 1. The summed E-state index contributed by atoms with van der Waals surface area (Å²) < 4.78 is 0. The predicted octanol–water partition coefficient (Wildman–Crippen LogP) is 2.71. The topological polar surface area (TPSA) is 32.3 Å². The van der Waals surface area contributed by atoms with Crippen LogP contribution in [0.2, 0.25) is 0 Å². The van der Waals surface area contributed by atoms with Gasteiger partial charge in [-0.1, -0.05) is 19.1 Å².